The molecule has 0 aliphatic heterocycles. The van der Waals surface area contributed by atoms with Crippen molar-refractivity contribution < 1.29 is 28.8 Å². The summed E-state index contributed by atoms with van der Waals surface area (Å²) in [5, 5.41) is 6.54. The highest BCUT2D eigenvalue weighted by atomic mass is 32.1. The van der Waals surface area contributed by atoms with E-state index >= 15 is 0 Å². The summed E-state index contributed by atoms with van der Waals surface area (Å²) in [6.45, 7) is 0.915. The van der Waals surface area contributed by atoms with Gasteiger partial charge in [0.1, 0.15) is 6.04 Å². The molecule has 2 atom stereocenters. The van der Waals surface area contributed by atoms with E-state index in [0.29, 0.717) is 0 Å². The first kappa shape index (κ1) is 22.6. The molecule has 2 rings (SSSR count). The number of nitrogens with zero attached hydrogens (tertiary/aromatic N) is 2. The predicted molar refractivity (Wildman–Crippen MR) is 105 cm³/mol. The van der Waals surface area contributed by atoms with Crippen LogP contribution in [-0.2, 0) is 34.3 Å². The van der Waals surface area contributed by atoms with Crippen molar-refractivity contribution >= 4 is 68.5 Å². The molecule has 2 aromatic heterocycles. The van der Waals surface area contributed by atoms with Crippen molar-refractivity contribution in [3.63, 3.8) is 0 Å². The molecule has 0 spiro atoms. The normalized spacial score (nSPS) is 13.5. The van der Waals surface area contributed by atoms with E-state index in [1.165, 1.54) is 10.8 Å². The first-order valence-electron chi connectivity index (χ1n) is 7.88. The number of nitrogen functional groups attached to an aromatic ring is 2. The topological polar surface area (TPSA) is 230 Å². The van der Waals surface area contributed by atoms with Crippen molar-refractivity contribution in [2.45, 2.75) is 18.5 Å². The fourth-order valence-electron chi connectivity index (χ4n) is 2.27. The van der Waals surface area contributed by atoms with Crippen LogP contribution in [0.5, 0.6) is 0 Å². The van der Waals surface area contributed by atoms with Crippen LogP contribution in [0.4, 0.5) is 10.3 Å². The second-order valence-corrected chi connectivity index (χ2v) is 7.53. The molecule has 30 heavy (non-hydrogen) atoms. The van der Waals surface area contributed by atoms with E-state index in [4.69, 9.17) is 17.2 Å². The third-order valence-electron chi connectivity index (χ3n) is 3.72. The predicted octanol–water partition coefficient (Wildman–Crippen LogP) is -2.22. The average Bonchev–Trinajstić information content (AvgIpc) is 3.31. The Hall–Kier alpha value is -3.72. The molecule has 0 saturated carbocycles. The van der Waals surface area contributed by atoms with Gasteiger partial charge >= 0.3 is 11.8 Å². The number of rotatable bonds is 8. The van der Waals surface area contributed by atoms with Crippen LogP contribution < -0.4 is 27.8 Å². The highest BCUT2D eigenvalue weighted by molar-refractivity contribution is 7.13. The summed E-state index contributed by atoms with van der Waals surface area (Å²) in [4.78, 5) is 79.9. The van der Waals surface area contributed by atoms with Crippen LogP contribution in [0.15, 0.2) is 10.8 Å². The number of amides is 3. The molecule has 3 amide bonds. The molecule has 0 aliphatic rings. The Labute approximate surface area is 176 Å². The molecule has 13 nitrogen and oxygen atoms in total. The van der Waals surface area contributed by atoms with Gasteiger partial charge < -0.3 is 27.8 Å². The zero-order valence-electron chi connectivity index (χ0n) is 15.2. The van der Waals surface area contributed by atoms with Gasteiger partial charge in [-0.3, -0.25) is 28.8 Å². The summed E-state index contributed by atoms with van der Waals surface area (Å²) >= 11 is 1.76. The molecule has 0 aliphatic carbocycles. The van der Waals surface area contributed by atoms with Gasteiger partial charge in [-0.2, -0.15) is 0 Å². The number of carbonyl (C=O) groups is 6. The number of anilines is 2. The molecule has 2 unspecified atom stereocenters. The van der Waals surface area contributed by atoms with Crippen molar-refractivity contribution in [2.24, 2.45) is 5.73 Å². The van der Waals surface area contributed by atoms with Gasteiger partial charge in [0, 0.05) is 17.7 Å². The van der Waals surface area contributed by atoms with E-state index in [1.54, 1.807) is 0 Å². The number of aldehydes is 1. The summed E-state index contributed by atoms with van der Waals surface area (Å²) in [5.41, 5.74) is 13.1. The average molecular weight is 453 g/mol. The van der Waals surface area contributed by atoms with Gasteiger partial charge in [-0.15, -0.1) is 22.7 Å². The molecule has 8 N–H and O–H groups in total. The Bertz CT molecular complexity index is 1050. The number of nitrogens with one attached hydrogen (secondary N) is 2. The Balaban J connectivity index is 2.65. The minimum Gasteiger partial charge on any atom is -0.375 e. The molecule has 0 saturated heterocycles. The lowest BCUT2D eigenvalue weighted by Crippen LogP contribution is -2.58. The number of nitrogens with two attached hydrogens (primary N) is 3. The number of aromatic nitrogens is 2. The van der Waals surface area contributed by atoms with E-state index in [0.717, 1.165) is 29.6 Å². The van der Waals surface area contributed by atoms with Crippen molar-refractivity contribution in [2.75, 3.05) is 11.5 Å². The summed E-state index contributed by atoms with van der Waals surface area (Å²) < 4.78 is 0. The zero-order chi connectivity index (χ0) is 22.6. The highest BCUT2D eigenvalue weighted by Crippen LogP contribution is 2.30. The SMILES string of the molecule is CC(=O)C(=O)NC(C=O)(C(=O)C(NC(=O)C(N)=O)c1csc(N)n1)c1csc(N)n1. The quantitative estimate of drug-likeness (QED) is 0.164. The first-order valence-corrected chi connectivity index (χ1v) is 9.64. The molecular weight excluding hydrogens is 438 g/mol. The summed E-state index contributed by atoms with van der Waals surface area (Å²) in [6, 6.07) is -1.75. The fourth-order valence-corrected chi connectivity index (χ4v) is 3.48. The van der Waals surface area contributed by atoms with E-state index in [2.05, 4.69) is 9.97 Å². The molecular formula is C15H15N7O6S2. The van der Waals surface area contributed by atoms with E-state index in [9.17, 15) is 28.8 Å². The molecule has 0 fully saturated rings. The van der Waals surface area contributed by atoms with Gasteiger partial charge in [-0.05, 0) is 0 Å². The highest BCUT2D eigenvalue weighted by Gasteiger charge is 2.49. The van der Waals surface area contributed by atoms with Crippen LogP contribution in [0.3, 0.4) is 0 Å². The Kier molecular flexibility index (Phi) is 6.58. The van der Waals surface area contributed by atoms with Crippen LogP contribution in [-0.4, -0.2) is 45.5 Å². The Morgan fingerprint density at radius 3 is 2.10 bits per heavy atom. The third kappa shape index (κ3) is 4.47. The second-order valence-electron chi connectivity index (χ2n) is 5.75. The lowest BCUT2D eigenvalue weighted by Gasteiger charge is -2.29. The largest absolute Gasteiger partial charge is 0.375 e. The maximum atomic E-state index is 13.5. The van der Waals surface area contributed by atoms with Crippen LogP contribution in [0.2, 0.25) is 0 Å². The lowest BCUT2D eigenvalue weighted by atomic mass is 9.86. The summed E-state index contributed by atoms with van der Waals surface area (Å²) in [6.07, 6.45) is 0.0316. The van der Waals surface area contributed by atoms with E-state index in [1.807, 2.05) is 10.6 Å². The number of ketones is 2. The van der Waals surface area contributed by atoms with E-state index in [-0.39, 0.29) is 27.9 Å². The fraction of sp³-hybridized carbons (Fsp3) is 0.200. The second kappa shape index (κ2) is 8.75. The van der Waals surface area contributed by atoms with Gasteiger partial charge in [0.25, 0.3) is 5.91 Å². The van der Waals surface area contributed by atoms with Crippen molar-refractivity contribution in [1.29, 1.82) is 0 Å². The van der Waals surface area contributed by atoms with Gasteiger partial charge in [0.05, 0.1) is 11.4 Å². The van der Waals surface area contributed by atoms with Crippen molar-refractivity contribution in [3.8, 4) is 0 Å². The minimum atomic E-state index is -2.54. The Morgan fingerprint density at radius 1 is 1.07 bits per heavy atom. The Morgan fingerprint density at radius 2 is 1.67 bits per heavy atom. The number of primary amides is 1. The number of thiazole rings is 2. The standard InChI is InChI=1S/C15H15N7O6S2/c1-5(24)11(27)22-15(4-23,7-3-30-14(18)20-7)9(25)8(21-12(28)10(16)26)6-2-29-13(17)19-6/h2-4,8H,1H3,(H2,16,26)(H2,17,19)(H2,18,20)(H,21,28)(H,22,27). The smallest absolute Gasteiger partial charge is 0.309 e. The number of carbonyl (C=O) groups excluding carboxylic acids is 6. The first-order chi connectivity index (χ1) is 14.0. The van der Waals surface area contributed by atoms with Crippen molar-refractivity contribution in [3.05, 3.63) is 22.1 Å². The van der Waals surface area contributed by atoms with Crippen LogP contribution >= 0.6 is 22.7 Å². The maximum absolute atomic E-state index is 13.5. The van der Waals surface area contributed by atoms with Gasteiger partial charge in [0.2, 0.25) is 11.3 Å². The number of hydrogen-bond donors (Lipinski definition) is 5. The molecule has 0 bridgehead atoms. The maximum Gasteiger partial charge on any atom is 0.309 e. The van der Waals surface area contributed by atoms with Crippen LogP contribution in [0.25, 0.3) is 0 Å². The van der Waals surface area contributed by atoms with E-state index < -0.39 is 40.9 Å². The molecule has 158 valence electrons. The summed E-state index contributed by atoms with van der Waals surface area (Å²) in [7, 11) is 0. The molecule has 0 radical (unpaired) electrons. The van der Waals surface area contributed by atoms with Crippen LogP contribution in [0, 0.1) is 0 Å². The van der Waals surface area contributed by atoms with Crippen molar-refractivity contribution in [1.82, 2.24) is 20.6 Å². The molecule has 2 heterocycles. The third-order valence-corrected chi connectivity index (χ3v) is 5.08. The van der Waals surface area contributed by atoms with Gasteiger partial charge in [0.15, 0.2) is 22.3 Å². The molecule has 0 aromatic carbocycles. The summed E-state index contributed by atoms with van der Waals surface area (Å²) in [5.74, 6) is -6.25. The lowest BCUT2D eigenvalue weighted by molar-refractivity contribution is -0.144. The number of Topliss-reactive ketones (excluding diaryl/α,β-unsaturated/α-hetero) is 2. The molecule has 2 aromatic rings. The monoisotopic (exact) mass is 453 g/mol. The van der Waals surface area contributed by atoms with Gasteiger partial charge in [-0.25, -0.2) is 9.97 Å². The molecule has 15 heteroatoms. The van der Waals surface area contributed by atoms with Gasteiger partial charge in [-0.1, -0.05) is 0 Å². The zero-order valence-corrected chi connectivity index (χ0v) is 16.8. The number of hydrogen-bond acceptors (Lipinski definition) is 12. The van der Waals surface area contributed by atoms with Crippen LogP contribution in [0.1, 0.15) is 24.4 Å². The minimum absolute atomic E-state index is 0.0125.